The highest BCUT2D eigenvalue weighted by atomic mass is 16.7. The van der Waals surface area contributed by atoms with Crippen LogP contribution in [-0.4, -0.2) is 47.5 Å². The number of carboxylic acid groups (broad SMARTS) is 1. The maximum Gasteiger partial charge on any atom is 0.510 e. The number of hydrogen-bond acceptors (Lipinski definition) is 9. The minimum atomic E-state index is -2.15. The fourth-order valence-corrected chi connectivity index (χ4v) is 2.74. The third kappa shape index (κ3) is 9.09. The summed E-state index contributed by atoms with van der Waals surface area (Å²) in [4.78, 5) is 48.0. The molecule has 0 amide bonds. The monoisotopic (exact) mass is 467 g/mol. The average Bonchev–Trinajstić information content (AvgIpc) is 2.74. The number of carbonyl (C=O) groups excluding carboxylic acids is 3. The van der Waals surface area contributed by atoms with Crippen molar-refractivity contribution in [2.45, 2.75) is 78.5 Å². The largest absolute Gasteiger partial charge is 0.510 e. The highest BCUT2D eigenvalue weighted by molar-refractivity contribution is 5.81. The van der Waals surface area contributed by atoms with E-state index in [2.05, 4.69) is 5.32 Å². The van der Waals surface area contributed by atoms with Crippen LogP contribution in [0.25, 0.3) is 0 Å². The molecule has 0 spiro atoms. The van der Waals surface area contributed by atoms with E-state index in [0.29, 0.717) is 12.0 Å². The van der Waals surface area contributed by atoms with Crippen molar-refractivity contribution in [2.75, 3.05) is 6.61 Å². The Hall–Kier alpha value is -3.14. The lowest BCUT2D eigenvalue weighted by Crippen LogP contribution is -2.59. The summed E-state index contributed by atoms with van der Waals surface area (Å²) in [5, 5.41) is 12.7. The summed E-state index contributed by atoms with van der Waals surface area (Å²) >= 11 is 0. The van der Waals surface area contributed by atoms with E-state index in [1.165, 1.54) is 18.2 Å². The highest BCUT2D eigenvalue weighted by Crippen LogP contribution is 2.31. The Balaban J connectivity index is 3.31. The second-order valence-electron chi connectivity index (χ2n) is 7.60. The molecule has 10 nitrogen and oxygen atoms in total. The number of ether oxygens (including phenoxy) is 4. The molecule has 0 heterocycles. The van der Waals surface area contributed by atoms with Gasteiger partial charge in [-0.3, -0.25) is 14.9 Å². The number of aliphatic carboxylic acids is 1. The molecule has 1 rings (SSSR count). The minimum absolute atomic E-state index is 0.0186. The lowest BCUT2D eigenvalue weighted by Gasteiger charge is -2.31. The molecule has 33 heavy (non-hydrogen) atoms. The van der Waals surface area contributed by atoms with Gasteiger partial charge in [-0.1, -0.05) is 33.3 Å². The maximum atomic E-state index is 12.2. The first kappa shape index (κ1) is 27.9. The molecular formula is C23H33NO9. The van der Waals surface area contributed by atoms with Crippen molar-refractivity contribution in [3.8, 4) is 11.5 Å². The van der Waals surface area contributed by atoms with Crippen molar-refractivity contribution in [1.82, 2.24) is 5.32 Å². The van der Waals surface area contributed by atoms with Gasteiger partial charge in [-0.2, -0.15) is 0 Å². The van der Waals surface area contributed by atoms with Crippen LogP contribution in [-0.2, 0) is 30.3 Å². The summed E-state index contributed by atoms with van der Waals surface area (Å²) < 4.78 is 20.7. The van der Waals surface area contributed by atoms with Gasteiger partial charge in [0.05, 0.1) is 6.61 Å². The zero-order valence-electron chi connectivity index (χ0n) is 19.8. The Morgan fingerprint density at radius 3 is 2.12 bits per heavy atom. The van der Waals surface area contributed by atoms with Gasteiger partial charge in [0.1, 0.15) is 0 Å². The Kier molecular flexibility index (Phi) is 11.3. The van der Waals surface area contributed by atoms with Gasteiger partial charge < -0.3 is 24.1 Å². The van der Waals surface area contributed by atoms with Crippen LogP contribution in [0.15, 0.2) is 18.2 Å². The van der Waals surface area contributed by atoms with Crippen LogP contribution in [0.1, 0.15) is 65.9 Å². The summed E-state index contributed by atoms with van der Waals surface area (Å²) in [7, 11) is 0. The zero-order valence-corrected chi connectivity index (χ0v) is 19.8. The Bertz CT molecular complexity index is 837. The fraction of sp³-hybridized carbons (Fsp3) is 0.565. The van der Waals surface area contributed by atoms with Crippen LogP contribution >= 0.6 is 0 Å². The van der Waals surface area contributed by atoms with Crippen molar-refractivity contribution >= 4 is 24.1 Å². The highest BCUT2D eigenvalue weighted by Gasteiger charge is 2.44. The molecule has 0 saturated heterocycles. The van der Waals surface area contributed by atoms with E-state index in [-0.39, 0.29) is 43.4 Å². The zero-order chi connectivity index (χ0) is 25.0. The molecule has 0 radical (unpaired) electrons. The SMILES string of the molecule is CCCCOC(=O)O[C@](Cc1ccc(OC(=O)CC)c(OC(=O)CC)c1)(NC(C)C)C(=O)O. The first-order valence-electron chi connectivity index (χ1n) is 11.0. The van der Waals surface area contributed by atoms with E-state index in [0.717, 1.165) is 6.42 Å². The Morgan fingerprint density at radius 1 is 1.00 bits per heavy atom. The normalized spacial score (nSPS) is 12.5. The average molecular weight is 468 g/mol. The van der Waals surface area contributed by atoms with E-state index < -0.39 is 29.8 Å². The van der Waals surface area contributed by atoms with Crippen LogP contribution in [0.5, 0.6) is 11.5 Å². The van der Waals surface area contributed by atoms with Crippen molar-refractivity contribution in [2.24, 2.45) is 0 Å². The third-order valence-corrected chi connectivity index (χ3v) is 4.33. The molecule has 10 heteroatoms. The number of carboxylic acids is 1. The van der Waals surface area contributed by atoms with Crippen molar-refractivity contribution in [3.05, 3.63) is 23.8 Å². The number of benzene rings is 1. The summed E-state index contributed by atoms with van der Waals surface area (Å²) in [5.41, 5.74) is -1.80. The molecule has 0 aliphatic heterocycles. The number of hydrogen-bond donors (Lipinski definition) is 2. The molecule has 0 aromatic heterocycles. The molecule has 1 aromatic rings. The van der Waals surface area contributed by atoms with Gasteiger partial charge in [-0.25, -0.2) is 9.59 Å². The first-order valence-corrected chi connectivity index (χ1v) is 11.0. The van der Waals surface area contributed by atoms with Gasteiger partial charge in [0.15, 0.2) is 11.5 Å². The molecule has 0 saturated carbocycles. The van der Waals surface area contributed by atoms with E-state index in [1.54, 1.807) is 27.7 Å². The number of carbonyl (C=O) groups is 4. The quantitative estimate of drug-likeness (QED) is 0.191. The molecule has 0 aliphatic carbocycles. The fourth-order valence-electron chi connectivity index (χ4n) is 2.74. The van der Waals surface area contributed by atoms with Crippen molar-refractivity contribution in [3.63, 3.8) is 0 Å². The van der Waals surface area contributed by atoms with Crippen LogP contribution in [0.3, 0.4) is 0 Å². The Morgan fingerprint density at radius 2 is 1.61 bits per heavy atom. The van der Waals surface area contributed by atoms with Gasteiger partial charge >= 0.3 is 24.1 Å². The molecule has 2 N–H and O–H groups in total. The first-order chi connectivity index (χ1) is 15.6. The lowest BCUT2D eigenvalue weighted by atomic mass is 10.0. The van der Waals surface area contributed by atoms with Gasteiger partial charge in [0.2, 0.25) is 0 Å². The van der Waals surface area contributed by atoms with Crippen LogP contribution in [0, 0.1) is 0 Å². The molecule has 184 valence electrons. The lowest BCUT2D eigenvalue weighted by molar-refractivity contribution is -0.166. The minimum Gasteiger partial charge on any atom is -0.477 e. The Labute approximate surface area is 193 Å². The topological polar surface area (TPSA) is 137 Å². The standard InChI is InChI=1S/C23H33NO9/c1-6-9-12-30-22(29)33-23(21(27)28,24-15(4)5)14-16-10-11-17(31-19(25)7-2)18(13-16)32-20(26)8-3/h10-11,13,15,24H,6-9,12,14H2,1-5H3,(H,27,28)/t23-/m0/s1. The number of unbranched alkanes of at least 4 members (excludes halogenated alkanes) is 1. The molecule has 1 aromatic carbocycles. The number of rotatable bonds is 13. The van der Waals surface area contributed by atoms with Gasteiger partial charge in [0.25, 0.3) is 5.72 Å². The van der Waals surface area contributed by atoms with Gasteiger partial charge in [0, 0.05) is 25.3 Å². The second-order valence-corrected chi connectivity index (χ2v) is 7.60. The summed E-state index contributed by atoms with van der Waals surface area (Å²) in [5.74, 6) is -2.56. The summed E-state index contributed by atoms with van der Waals surface area (Å²) in [6.07, 6.45) is 0.142. The van der Waals surface area contributed by atoms with Gasteiger partial charge in [-0.15, -0.1) is 0 Å². The smallest absolute Gasteiger partial charge is 0.477 e. The number of nitrogens with one attached hydrogen (secondary N) is 1. The predicted octanol–water partition coefficient (Wildman–Crippen LogP) is 3.59. The molecule has 0 fully saturated rings. The van der Waals surface area contributed by atoms with E-state index in [4.69, 9.17) is 18.9 Å². The van der Waals surface area contributed by atoms with E-state index in [9.17, 15) is 24.3 Å². The third-order valence-electron chi connectivity index (χ3n) is 4.33. The van der Waals surface area contributed by atoms with Crippen molar-refractivity contribution < 1.29 is 43.2 Å². The van der Waals surface area contributed by atoms with E-state index >= 15 is 0 Å². The molecule has 0 unspecified atom stereocenters. The van der Waals surface area contributed by atoms with Crippen LogP contribution < -0.4 is 14.8 Å². The molecule has 0 bridgehead atoms. The summed E-state index contributed by atoms with van der Waals surface area (Å²) in [6, 6.07) is 3.89. The van der Waals surface area contributed by atoms with Gasteiger partial charge in [-0.05, 0) is 38.0 Å². The van der Waals surface area contributed by atoms with Crippen molar-refractivity contribution in [1.29, 1.82) is 0 Å². The second kappa shape index (κ2) is 13.4. The predicted molar refractivity (Wildman–Crippen MR) is 118 cm³/mol. The maximum absolute atomic E-state index is 12.2. The molecular weight excluding hydrogens is 434 g/mol. The summed E-state index contributed by atoms with van der Waals surface area (Å²) in [6.45, 7) is 8.63. The van der Waals surface area contributed by atoms with Crippen LogP contribution in [0.4, 0.5) is 4.79 Å². The number of esters is 2. The molecule has 1 atom stereocenters. The molecule has 0 aliphatic rings. The van der Waals surface area contributed by atoms with E-state index in [1.807, 2.05) is 6.92 Å². The van der Waals surface area contributed by atoms with Crippen LogP contribution in [0.2, 0.25) is 0 Å².